The monoisotopic (exact) mass is 273 g/mol. The SMILES string of the molecule is C[C@@H]1O[C@@H](CC(=O)N2CCCCC2)[C@@H](O)[C@H](O)[C@@H]1O. The lowest BCUT2D eigenvalue weighted by molar-refractivity contribution is -0.219. The van der Waals surface area contributed by atoms with Gasteiger partial charge in [-0.15, -0.1) is 0 Å². The van der Waals surface area contributed by atoms with Gasteiger partial charge in [0.2, 0.25) is 5.91 Å². The van der Waals surface area contributed by atoms with Gasteiger partial charge in [0.15, 0.2) is 0 Å². The van der Waals surface area contributed by atoms with Gasteiger partial charge in [0.1, 0.15) is 18.3 Å². The summed E-state index contributed by atoms with van der Waals surface area (Å²) in [4.78, 5) is 13.9. The van der Waals surface area contributed by atoms with Crippen molar-refractivity contribution < 1.29 is 24.9 Å². The van der Waals surface area contributed by atoms with Crippen molar-refractivity contribution in [2.24, 2.45) is 0 Å². The number of amides is 1. The molecule has 0 radical (unpaired) electrons. The van der Waals surface area contributed by atoms with E-state index in [2.05, 4.69) is 0 Å². The molecule has 0 bridgehead atoms. The van der Waals surface area contributed by atoms with Crippen LogP contribution in [0.2, 0.25) is 0 Å². The maximum absolute atomic E-state index is 12.1. The molecule has 2 saturated heterocycles. The van der Waals surface area contributed by atoms with Gasteiger partial charge in [-0.25, -0.2) is 0 Å². The molecule has 2 aliphatic rings. The number of likely N-dealkylation sites (tertiary alicyclic amines) is 1. The Hall–Kier alpha value is -0.690. The van der Waals surface area contributed by atoms with Gasteiger partial charge in [-0.05, 0) is 26.2 Å². The van der Waals surface area contributed by atoms with Crippen LogP contribution in [0, 0.1) is 0 Å². The second-order valence-electron chi connectivity index (χ2n) is 5.50. The Kier molecular flexibility index (Phi) is 4.78. The van der Waals surface area contributed by atoms with Crippen LogP contribution < -0.4 is 0 Å². The standard InChI is InChI=1S/C13H23NO5/c1-8-11(16)13(18)12(17)9(19-8)7-10(15)14-5-3-2-4-6-14/h8-9,11-13,16-18H,2-7H2,1H3/t8-,9-,11+,12+,13+/m0/s1. The predicted molar refractivity (Wildman–Crippen MR) is 67.4 cm³/mol. The first-order valence-corrected chi connectivity index (χ1v) is 6.98. The fourth-order valence-corrected chi connectivity index (χ4v) is 2.75. The predicted octanol–water partition coefficient (Wildman–Crippen LogP) is -0.741. The summed E-state index contributed by atoms with van der Waals surface area (Å²) in [6, 6.07) is 0. The molecule has 5 atom stereocenters. The van der Waals surface area contributed by atoms with Crippen LogP contribution in [0.15, 0.2) is 0 Å². The van der Waals surface area contributed by atoms with Gasteiger partial charge >= 0.3 is 0 Å². The first-order chi connectivity index (χ1) is 9.00. The van der Waals surface area contributed by atoms with Gasteiger partial charge in [0.05, 0.1) is 18.6 Å². The molecule has 110 valence electrons. The van der Waals surface area contributed by atoms with Crippen LogP contribution >= 0.6 is 0 Å². The Morgan fingerprint density at radius 2 is 1.74 bits per heavy atom. The van der Waals surface area contributed by atoms with Crippen molar-refractivity contribution in [2.45, 2.75) is 63.1 Å². The average Bonchev–Trinajstić information content (AvgIpc) is 2.43. The highest BCUT2D eigenvalue weighted by Crippen LogP contribution is 2.24. The molecule has 0 aromatic heterocycles. The second kappa shape index (κ2) is 6.17. The van der Waals surface area contributed by atoms with E-state index in [1.165, 1.54) is 0 Å². The molecule has 3 N–H and O–H groups in total. The lowest BCUT2D eigenvalue weighted by Gasteiger charge is -2.40. The minimum atomic E-state index is -1.26. The third kappa shape index (κ3) is 3.25. The van der Waals surface area contributed by atoms with Gasteiger partial charge in [0, 0.05) is 13.1 Å². The highest BCUT2D eigenvalue weighted by molar-refractivity contribution is 5.76. The van der Waals surface area contributed by atoms with Crippen LogP contribution in [0.25, 0.3) is 0 Å². The Morgan fingerprint density at radius 1 is 1.11 bits per heavy atom. The van der Waals surface area contributed by atoms with Crippen LogP contribution in [-0.2, 0) is 9.53 Å². The van der Waals surface area contributed by atoms with E-state index in [0.717, 1.165) is 32.4 Å². The lowest BCUT2D eigenvalue weighted by Crippen LogP contribution is -2.57. The van der Waals surface area contributed by atoms with E-state index in [9.17, 15) is 20.1 Å². The van der Waals surface area contributed by atoms with E-state index < -0.39 is 30.5 Å². The van der Waals surface area contributed by atoms with Crippen molar-refractivity contribution in [3.05, 3.63) is 0 Å². The Bertz CT molecular complexity index is 318. The van der Waals surface area contributed by atoms with E-state index in [1.807, 2.05) is 0 Å². The molecule has 19 heavy (non-hydrogen) atoms. The van der Waals surface area contributed by atoms with Crippen molar-refractivity contribution in [3.63, 3.8) is 0 Å². The fourth-order valence-electron chi connectivity index (χ4n) is 2.75. The number of rotatable bonds is 2. The third-order valence-electron chi connectivity index (χ3n) is 4.04. The molecule has 2 heterocycles. The first kappa shape index (κ1) is 14.7. The van der Waals surface area contributed by atoms with E-state index >= 15 is 0 Å². The Balaban J connectivity index is 1.92. The van der Waals surface area contributed by atoms with E-state index in [1.54, 1.807) is 11.8 Å². The zero-order valence-corrected chi connectivity index (χ0v) is 11.2. The molecule has 0 spiro atoms. The molecule has 6 heteroatoms. The summed E-state index contributed by atoms with van der Waals surface area (Å²) in [5.41, 5.74) is 0. The van der Waals surface area contributed by atoms with Gasteiger partial charge in [-0.2, -0.15) is 0 Å². The van der Waals surface area contributed by atoms with Crippen molar-refractivity contribution in [2.75, 3.05) is 13.1 Å². The molecule has 2 rings (SSSR count). The van der Waals surface area contributed by atoms with Gasteiger partial charge in [-0.1, -0.05) is 0 Å². The summed E-state index contributed by atoms with van der Waals surface area (Å²) >= 11 is 0. The number of carbonyl (C=O) groups excluding carboxylic acids is 1. The number of nitrogens with zero attached hydrogens (tertiary/aromatic N) is 1. The van der Waals surface area contributed by atoms with Crippen LogP contribution in [0.3, 0.4) is 0 Å². The fraction of sp³-hybridized carbons (Fsp3) is 0.923. The Labute approximate surface area is 113 Å². The van der Waals surface area contributed by atoms with Crippen LogP contribution in [0.1, 0.15) is 32.6 Å². The topological polar surface area (TPSA) is 90.2 Å². The summed E-state index contributed by atoms with van der Waals surface area (Å²) in [7, 11) is 0. The normalized spacial score (nSPS) is 40.2. The van der Waals surface area contributed by atoms with Crippen LogP contribution in [0.5, 0.6) is 0 Å². The number of hydrogen-bond acceptors (Lipinski definition) is 5. The van der Waals surface area contributed by atoms with Crippen molar-refractivity contribution in [3.8, 4) is 0 Å². The number of carbonyl (C=O) groups is 1. The molecule has 2 fully saturated rings. The maximum Gasteiger partial charge on any atom is 0.225 e. The highest BCUT2D eigenvalue weighted by Gasteiger charge is 2.42. The van der Waals surface area contributed by atoms with Crippen LogP contribution in [-0.4, -0.2) is 69.7 Å². The van der Waals surface area contributed by atoms with Crippen molar-refractivity contribution in [1.29, 1.82) is 0 Å². The molecule has 0 aliphatic carbocycles. The third-order valence-corrected chi connectivity index (χ3v) is 4.04. The number of aliphatic hydroxyl groups excluding tert-OH is 3. The zero-order valence-electron chi connectivity index (χ0n) is 11.2. The average molecular weight is 273 g/mol. The maximum atomic E-state index is 12.1. The lowest BCUT2D eigenvalue weighted by atomic mass is 9.93. The van der Waals surface area contributed by atoms with Crippen LogP contribution in [0.4, 0.5) is 0 Å². The first-order valence-electron chi connectivity index (χ1n) is 6.98. The van der Waals surface area contributed by atoms with Crippen molar-refractivity contribution in [1.82, 2.24) is 4.90 Å². The zero-order chi connectivity index (χ0) is 14.0. The summed E-state index contributed by atoms with van der Waals surface area (Å²) < 4.78 is 5.44. The smallest absolute Gasteiger partial charge is 0.225 e. The number of ether oxygens (including phenoxy) is 1. The molecule has 6 nitrogen and oxygen atoms in total. The van der Waals surface area contributed by atoms with Crippen molar-refractivity contribution >= 4 is 5.91 Å². The molecule has 2 aliphatic heterocycles. The Morgan fingerprint density at radius 3 is 2.37 bits per heavy atom. The summed E-state index contributed by atoms with van der Waals surface area (Å²) in [5, 5.41) is 29.2. The largest absolute Gasteiger partial charge is 0.388 e. The molecule has 1 amide bonds. The summed E-state index contributed by atoms with van der Waals surface area (Å²) in [6.07, 6.45) is -1.71. The summed E-state index contributed by atoms with van der Waals surface area (Å²) in [6.45, 7) is 3.13. The summed E-state index contributed by atoms with van der Waals surface area (Å²) in [5.74, 6) is -0.0560. The molecule has 0 unspecified atom stereocenters. The molecular weight excluding hydrogens is 250 g/mol. The number of aliphatic hydroxyl groups is 3. The van der Waals surface area contributed by atoms with Gasteiger partial charge in [-0.3, -0.25) is 4.79 Å². The molecule has 0 saturated carbocycles. The molecule has 0 aromatic carbocycles. The molecule has 0 aromatic rings. The molecular formula is C13H23NO5. The minimum absolute atomic E-state index is 0.0509. The number of piperidine rings is 1. The van der Waals surface area contributed by atoms with E-state index in [0.29, 0.717) is 0 Å². The van der Waals surface area contributed by atoms with E-state index in [4.69, 9.17) is 4.74 Å². The quantitative estimate of drug-likeness (QED) is 0.616. The van der Waals surface area contributed by atoms with Gasteiger partial charge < -0.3 is 25.0 Å². The number of hydrogen-bond donors (Lipinski definition) is 3. The van der Waals surface area contributed by atoms with Gasteiger partial charge in [0.25, 0.3) is 0 Å². The second-order valence-corrected chi connectivity index (χ2v) is 5.50. The highest BCUT2D eigenvalue weighted by atomic mass is 16.5. The minimum Gasteiger partial charge on any atom is -0.388 e. The van der Waals surface area contributed by atoms with E-state index in [-0.39, 0.29) is 12.3 Å².